The van der Waals surface area contributed by atoms with E-state index in [-0.39, 0.29) is 5.69 Å². The highest BCUT2D eigenvalue weighted by molar-refractivity contribution is 5.87. The van der Waals surface area contributed by atoms with Gasteiger partial charge in [0, 0.05) is 0 Å². The van der Waals surface area contributed by atoms with Crippen molar-refractivity contribution in [1.29, 1.82) is 5.26 Å². The molecule has 19 heavy (non-hydrogen) atoms. The van der Waals surface area contributed by atoms with E-state index >= 15 is 0 Å². The first-order chi connectivity index (χ1) is 9.19. The second-order valence-electron chi connectivity index (χ2n) is 4.58. The molecule has 1 aliphatic rings. The lowest BCUT2D eigenvalue weighted by Gasteiger charge is -2.05. The number of hydrogen-bond acceptors (Lipinski definition) is 3. The third-order valence-corrected chi connectivity index (χ3v) is 3.16. The maximum Gasteiger partial charge on any atom is 0.356 e. The molecule has 5 nitrogen and oxygen atoms in total. The van der Waals surface area contributed by atoms with Crippen LogP contribution in [0.5, 0.6) is 0 Å². The molecule has 2 aromatic rings. The largest absolute Gasteiger partial charge is 0.476 e. The number of aromatic nitrogens is 2. The van der Waals surface area contributed by atoms with Crippen LogP contribution in [0, 0.1) is 11.3 Å². The third kappa shape index (κ3) is 2.08. The van der Waals surface area contributed by atoms with Crippen LogP contribution in [0.1, 0.15) is 34.9 Å². The van der Waals surface area contributed by atoms with Crippen LogP contribution in [0.15, 0.2) is 30.3 Å². The van der Waals surface area contributed by atoms with Gasteiger partial charge in [-0.25, -0.2) is 4.79 Å². The number of carboxylic acid groups (broad SMARTS) is 1. The van der Waals surface area contributed by atoms with Crippen molar-refractivity contribution in [2.24, 2.45) is 0 Å². The molecular weight excluding hydrogens is 242 g/mol. The van der Waals surface area contributed by atoms with E-state index < -0.39 is 5.97 Å². The average Bonchev–Trinajstić information content (AvgIpc) is 3.17. The van der Waals surface area contributed by atoms with E-state index in [2.05, 4.69) is 11.2 Å². The fourth-order valence-corrected chi connectivity index (χ4v) is 2.03. The Hall–Kier alpha value is -2.61. The van der Waals surface area contributed by atoms with Crippen LogP contribution in [0.4, 0.5) is 0 Å². The smallest absolute Gasteiger partial charge is 0.356 e. The lowest BCUT2D eigenvalue weighted by molar-refractivity contribution is 0.0689. The normalized spacial score (nSPS) is 14.1. The second-order valence-corrected chi connectivity index (χ2v) is 4.58. The van der Waals surface area contributed by atoms with E-state index in [0.717, 1.165) is 24.1 Å². The van der Waals surface area contributed by atoms with Gasteiger partial charge in [0.15, 0.2) is 5.69 Å². The molecule has 0 bridgehead atoms. The van der Waals surface area contributed by atoms with Crippen molar-refractivity contribution in [3.05, 3.63) is 41.6 Å². The Bertz CT molecular complexity index is 676. The Morgan fingerprint density at radius 1 is 1.37 bits per heavy atom. The van der Waals surface area contributed by atoms with Crippen LogP contribution >= 0.6 is 0 Å². The molecule has 1 aromatic carbocycles. The fraction of sp³-hybridized carbons (Fsp3) is 0.214. The number of aromatic carboxylic acids is 1. The summed E-state index contributed by atoms with van der Waals surface area (Å²) in [5, 5.41) is 22.0. The first-order valence-corrected chi connectivity index (χ1v) is 6.02. The SMILES string of the molecule is N#Cc1ccc(-c2cc(C(=O)O)nn2C2CC2)cc1. The van der Waals surface area contributed by atoms with Gasteiger partial charge in [0.05, 0.1) is 23.4 Å². The molecule has 1 heterocycles. The minimum atomic E-state index is -1.02. The van der Waals surface area contributed by atoms with Gasteiger partial charge in [0.25, 0.3) is 0 Å². The zero-order valence-corrected chi connectivity index (χ0v) is 10.1. The Kier molecular flexibility index (Phi) is 2.57. The standard InChI is InChI=1S/C14H11N3O2/c15-8-9-1-3-10(4-2-9)13-7-12(14(18)19)16-17(13)11-5-6-11/h1-4,7,11H,5-6H2,(H,18,19). The molecule has 94 valence electrons. The van der Waals surface area contributed by atoms with Gasteiger partial charge >= 0.3 is 5.97 Å². The van der Waals surface area contributed by atoms with E-state index in [1.807, 2.05) is 12.1 Å². The highest BCUT2D eigenvalue weighted by Crippen LogP contribution is 2.38. The van der Waals surface area contributed by atoms with Gasteiger partial charge < -0.3 is 5.11 Å². The molecule has 0 amide bonds. The molecule has 0 saturated heterocycles. The lowest BCUT2D eigenvalue weighted by Crippen LogP contribution is -2.02. The molecule has 0 unspecified atom stereocenters. The number of hydrogen-bond donors (Lipinski definition) is 1. The molecule has 0 spiro atoms. The summed E-state index contributed by atoms with van der Waals surface area (Å²) in [7, 11) is 0. The summed E-state index contributed by atoms with van der Waals surface area (Å²) in [5.74, 6) is -1.02. The zero-order chi connectivity index (χ0) is 13.4. The maximum absolute atomic E-state index is 11.0. The van der Waals surface area contributed by atoms with E-state index in [1.54, 1.807) is 22.9 Å². The Balaban J connectivity index is 2.07. The van der Waals surface area contributed by atoms with Gasteiger partial charge in [0.1, 0.15) is 0 Å². The topological polar surface area (TPSA) is 78.9 Å². The third-order valence-electron chi connectivity index (χ3n) is 3.16. The molecule has 3 rings (SSSR count). The Morgan fingerprint density at radius 3 is 2.58 bits per heavy atom. The summed E-state index contributed by atoms with van der Waals surface area (Å²) >= 11 is 0. The van der Waals surface area contributed by atoms with Gasteiger partial charge in [-0.3, -0.25) is 4.68 Å². The van der Waals surface area contributed by atoms with Crippen LogP contribution in [0.2, 0.25) is 0 Å². The lowest BCUT2D eigenvalue weighted by atomic mass is 10.1. The molecule has 0 atom stereocenters. The highest BCUT2D eigenvalue weighted by atomic mass is 16.4. The molecule has 0 aliphatic heterocycles. The van der Waals surface area contributed by atoms with Crippen molar-refractivity contribution >= 4 is 5.97 Å². The number of carboxylic acids is 1. The van der Waals surface area contributed by atoms with E-state index in [1.165, 1.54) is 0 Å². The number of rotatable bonds is 3. The minimum Gasteiger partial charge on any atom is -0.476 e. The van der Waals surface area contributed by atoms with Crippen LogP contribution in [0.25, 0.3) is 11.3 Å². The van der Waals surface area contributed by atoms with Crippen molar-refractivity contribution in [1.82, 2.24) is 9.78 Å². The maximum atomic E-state index is 11.0. The number of nitrogens with zero attached hydrogens (tertiary/aromatic N) is 3. The first kappa shape index (κ1) is 11.5. The van der Waals surface area contributed by atoms with Gasteiger partial charge in [0.2, 0.25) is 0 Å². The molecule has 1 fully saturated rings. The second kappa shape index (κ2) is 4.25. The Morgan fingerprint density at radius 2 is 2.05 bits per heavy atom. The average molecular weight is 253 g/mol. The number of nitriles is 1. The number of benzene rings is 1. The zero-order valence-electron chi connectivity index (χ0n) is 10.1. The predicted octanol–water partition coefficient (Wildman–Crippen LogP) is 2.45. The molecular formula is C14H11N3O2. The van der Waals surface area contributed by atoms with Crippen molar-refractivity contribution in [2.45, 2.75) is 18.9 Å². The summed E-state index contributed by atoms with van der Waals surface area (Å²) < 4.78 is 1.78. The minimum absolute atomic E-state index is 0.0614. The molecule has 1 aliphatic carbocycles. The fourth-order valence-electron chi connectivity index (χ4n) is 2.03. The quantitative estimate of drug-likeness (QED) is 0.911. The molecule has 5 heteroatoms. The Labute approximate surface area is 109 Å². The van der Waals surface area contributed by atoms with Gasteiger partial charge in [-0.2, -0.15) is 10.4 Å². The van der Waals surface area contributed by atoms with Crippen molar-refractivity contribution in [3.63, 3.8) is 0 Å². The molecule has 1 aromatic heterocycles. The summed E-state index contributed by atoms with van der Waals surface area (Å²) in [5.41, 5.74) is 2.32. The summed E-state index contributed by atoms with van der Waals surface area (Å²) in [6.45, 7) is 0. The summed E-state index contributed by atoms with van der Waals surface area (Å²) in [6.07, 6.45) is 2.06. The van der Waals surface area contributed by atoms with Crippen molar-refractivity contribution in [3.8, 4) is 17.3 Å². The van der Waals surface area contributed by atoms with Crippen molar-refractivity contribution < 1.29 is 9.90 Å². The highest BCUT2D eigenvalue weighted by Gasteiger charge is 2.28. The van der Waals surface area contributed by atoms with Crippen LogP contribution in [-0.4, -0.2) is 20.9 Å². The van der Waals surface area contributed by atoms with Gasteiger partial charge in [-0.15, -0.1) is 0 Å². The first-order valence-electron chi connectivity index (χ1n) is 6.02. The number of carbonyl (C=O) groups is 1. The molecule has 0 radical (unpaired) electrons. The van der Waals surface area contributed by atoms with Crippen LogP contribution < -0.4 is 0 Å². The van der Waals surface area contributed by atoms with Crippen LogP contribution in [0.3, 0.4) is 0 Å². The van der Waals surface area contributed by atoms with E-state index in [4.69, 9.17) is 10.4 Å². The molecule has 1 saturated carbocycles. The monoisotopic (exact) mass is 253 g/mol. The summed E-state index contributed by atoms with van der Waals surface area (Å²) in [6, 6.07) is 11.0. The predicted molar refractivity (Wildman–Crippen MR) is 67.6 cm³/mol. The summed E-state index contributed by atoms with van der Waals surface area (Å²) in [4.78, 5) is 11.0. The van der Waals surface area contributed by atoms with Crippen molar-refractivity contribution in [2.75, 3.05) is 0 Å². The van der Waals surface area contributed by atoms with Gasteiger partial charge in [-0.05, 0) is 36.6 Å². The van der Waals surface area contributed by atoms with Gasteiger partial charge in [-0.1, -0.05) is 12.1 Å². The molecule has 1 N–H and O–H groups in total. The van der Waals surface area contributed by atoms with Crippen LogP contribution in [-0.2, 0) is 0 Å². The van der Waals surface area contributed by atoms with E-state index in [0.29, 0.717) is 11.6 Å². The van der Waals surface area contributed by atoms with E-state index in [9.17, 15) is 4.79 Å².